The van der Waals surface area contributed by atoms with Gasteiger partial charge >= 0.3 is 0 Å². The van der Waals surface area contributed by atoms with Crippen molar-refractivity contribution >= 4 is 17.2 Å². The van der Waals surface area contributed by atoms with Crippen molar-refractivity contribution in [2.24, 2.45) is 0 Å². The number of benzene rings is 1. The molecule has 3 aromatic rings. The van der Waals surface area contributed by atoms with Crippen LogP contribution in [0.4, 0.5) is 5.69 Å². The van der Waals surface area contributed by atoms with E-state index in [0.717, 1.165) is 46.9 Å². The minimum absolute atomic E-state index is 0.0580. The van der Waals surface area contributed by atoms with E-state index in [2.05, 4.69) is 17.2 Å². The van der Waals surface area contributed by atoms with Crippen LogP contribution < -0.4 is 14.8 Å². The van der Waals surface area contributed by atoms with Crippen LogP contribution in [0.15, 0.2) is 42.7 Å². The molecule has 0 atom stereocenters. The molecular formula is C22H25N3O3. The molecule has 1 aromatic carbocycles. The Balaban J connectivity index is 1.48. The normalized spacial score (nSPS) is 12.9. The Morgan fingerprint density at radius 3 is 2.79 bits per heavy atom. The number of nitrogens with zero attached hydrogens (tertiary/aromatic N) is 2. The Kier molecular flexibility index (Phi) is 5.46. The average Bonchev–Trinajstić information content (AvgIpc) is 3.14. The number of rotatable bonds is 7. The van der Waals surface area contributed by atoms with E-state index in [4.69, 9.17) is 9.47 Å². The summed E-state index contributed by atoms with van der Waals surface area (Å²) in [5, 5.41) is 2.98. The molecular weight excluding hydrogens is 354 g/mol. The maximum absolute atomic E-state index is 12.1. The Labute approximate surface area is 164 Å². The fourth-order valence-electron chi connectivity index (χ4n) is 3.34. The number of amides is 1. The number of carbonyl (C=O) groups is 1. The lowest BCUT2D eigenvalue weighted by molar-refractivity contribution is -0.116. The highest BCUT2D eigenvalue weighted by atomic mass is 16.6. The van der Waals surface area contributed by atoms with Crippen molar-refractivity contribution in [3.05, 3.63) is 42.7 Å². The van der Waals surface area contributed by atoms with Crippen LogP contribution in [0, 0.1) is 0 Å². The van der Waals surface area contributed by atoms with Crippen molar-refractivity contribution in [1.82, 2.24) is 9.38 Å². The third-order valence-corrected chi connectivity index (χ3v) is 4.83. The van der Waals surface area contributed by atoms with Crippen LogP contribution in [0.5, 0.6) is 11.5 Å². The summed E-state index contributed by atoms with van der Waals surface area (Å²) < 4.78 is 13.2. The van der Waals surface area contributed by atoms with Crippen LogP contribution >= 0.6 is 0 Å². The summed E-state index contributed by atoms with van der Waals surface area (Å²) in [4.78, 5) is 16.8. The molecule has 1 aliphatic heterocycles. The van der Waals surface area contributed by atoms with Gasteiger partial charge in [-0.05, 0) is 36.8 Å². The number of imidazole rings is 1. The Morgan fingerprint density at radius 1 is 1.07 bits per heavy atom. The standard InChI is InChI=1S/C22H25N3O3/c1-2-3-4-5-6-22(26)23-17-8-10-21-24-18(15-25(21)14-17)16-7-9-19-20(13-16)28-12-11-27-19/h7-10,13-15H,2-6,11-12H2,1H3,(H,23,26). The fourth-order valence-corrected chi connectivity index (χ4v) is 3.34. The molecule has 146 valence electrons. The largest absolute Gasteiger partial charge is 0.486 e. The first-order chi connectivity index (χ1) is 13.7. The Morgan fingerprint density at radius 2 is 1.93 bits per heavy atom. The molecule has 6 nitrogen and oxygen atoms in total. The highest BCUT2D eigenvalue weighted by Gasteiger charge is 2.14. The number of ether oxygens (including phenoxy) is 2. The summed E-state index contributed by atoms with van der Waals surface area (Å²) in [5.74, 6) is 1.57. The molecule has 2 aromatic heterocycles. The third-order valence-electron chi connectivity index (χ3n) is 4.83. The van der Waals surface area contributed by atoms with Gasteiger partial charge in [-0.15, -0.1) is 0 Å². The van der Waals surface area contributed by atoms with E-state index in [-0.39, 0.29) is 5.91 Å². The van der Waals surface area contributed by atoms with Gasteiger partial charge in [-0.1, -0.05) is 26.2 Å². The minimum Gasteiger partial charge on any atom is -0.486 e. The molecule has 1 N–H and O–H groups in total. The second-order valence-corrected chi connectivity index (χ2v) is 7.03. The van der Waals surface area contributed by atoms with Gasteiger partial charge < -0.3 is 19.2 Å². The number of pyridine rings is 1. The monoisotopic (exact) mass is 379 g/mol. The summed E-state index contributed by atoms with van der Waals surface area (Å²) in [6.45, 7) is 3.30. The van der Waals surface area contributed by atoms with Crippen molar-refractivity contribution in [3.63, 3.8) is 0 Å². The van der Waals surface area contributed by atoms with Crippen molar-refractivity contribution in [2.45, 2.75) is 39.0 Å². The van der Waals surface area contributed by atoms with Crippen molar-refractivity contribution in [3.8, 4) is 22.8 Å². The first-order valence-electron chi connectivity index (χ1n) is 9.91. The van der Waals surface area contributed by atoms with Crippen molar-refractivity contribution < 1.29 is 14.3 Å². The molecule has 0 fully saturated rings. The highest BCUT2D eigenvalue weighted by molar-refractivity contribution is 5.90. The van der Waals surface area contributed by atoms with Crippen LogP contribution in [-0.4, -0.2) is 28.5 Å². The molecule has 0 saturated carbocycles. The highest BCUT2D eigenvalue weighted by Crippen LogP contribution is 2.34. The maximum atomic E-state index is 12.1. The van der Waals surface area contributed by atoms with Crippen LogP contribution in [0.2, 0.25) is 0 Å². The lowest BCUT2D eigenvalue weighted by Gasteiger charge is -2.18. The zero-order chi connectivity index (χ0) is 19.3. The predicted molar refractivity (Wildman–Crippen MR) is 109 cm³/mol. The molecule has 3 heterocycles. The first-order valence-corrected chi connectivity index (χ1v) is 9.91. The lowest BCUT2D eigenvalue weighted by atomic mass is 10.1. The van der Waals surface area contributed by atoms with Crippen LogP contribution in [-0.2, 0) is 4.79 Å². The van der Waals surface area contributed by atoms with Gasteiger partial charge in [0.2, 0.25) is 5.91 Å². The number of fused-ring (bicyclic) bond motifs is 2. The van der Waals surface area contributed by atoms with E-state index in [1.54, 1.807) is 0 Å². The van der Waals surface area contributed by atoms with E-state index in [1.165, 1.54) is 12.8 Å². The molecule has 0 bridgehead atoms. The van der Waals surface area contributed by atoms with Gasteiger partial charge in [0, 0.05) is 24.4 Å². The van der Waals surface area contributed by atoms with Gasteiger partial charge in [-0.3, -0.25) is 4.79 Å². The molecule has 0 radical (unpaired) electrons. The SMILES string of the molecule is CCCCCCC(=O)Nc1ccc2nc(-c3ccc4c(c3)OCCO4)cn2c1. The number of carbonyl (C=O) groups excluding carboxylic acids is 1. The second kappa shape index (κ2) is 8.33. The van der Waals surface area contributed by atoms with Gasteiger partial charge in [-0.25, -0.2) is 4.98 Å². The molecule has 0 unspecified atom stereocenters. The van der Waals surface area contributed by atoms with Crippen LogP contribution in [0.25, 0.3) is 16.9 Å². The predicted octanol–water partition coefficient (Wildman–Crippen LogP) is 4.68. The molecule has 6 heteroatoms. The summed E-state index contributed by atoms with van der Waals surface area (Å²) in [6, 6.07) is 9.65. The van der Waals surface area contributed by atoms with Crippen molar-refractivity contribution in [1.29, 1.82) is 0 Å². The van der Waals surface area contributed by atoms with Gasteiger partial charge in [0.15, 0.2) is 11.5 Å². The first kappa shape index (κ1) is 18.3. The number of hydrogen-bond acceptors (Lipinski definition) is 4. The lowest BCUT2D eigenvalue weighted by Crippen LogP contribution is -2.15. The minimum atomic E-state index is 0.0580. The van der Waals surface area contributed by atoms with Gasteiger partial charge in [0.1, 0.15) is 18.9 Å². The topological polar surface area (TPSA) is 64.9 Å². The van der Waals surface area contributed by atoms with Crippen LogP contribution in [0.1, 0.15) is 39.0 Å². The van der Waals surface area contributed by atoms with E-state index < -0.39 is 0 Å². The summed E-state index contributed by atoms with van der Waals surface area (Å²) in [5.41, 5.74) is 3.42. The number of anilines is 1. The smallest absolute Gasteiger partial charge is 0.224 e. The zero-order valence-corrected chi connectivity index (χ0v) is 16.1. The molecule has 28 heavy (non-hydrogen) atoms. The van der Waals surface area contributed by atoms with Crippen molar-refractivity contribution in [2.75, 3.05) is 18.5 Å². The van der Waals surface area contributed by atoms with Gasteiger partial charge in [0.05, 0.1) is 11.4 Å². The zero-order valence-electron chi connectivity index (χ0n) is 16.1. The van der Waals surface area contributed by atoms with E-state index in [9.17, 15) is 4.79 Å². The number of aromatic nitrogens is 2. The number of unbranched alkanes of at least 4 members (excludes halogenated alkanes) is 3. The molecule has 1 aliphatic rings. The van der Waals surface area contributed by atoms with E-state index >= 15 is 0 Å². The summed E-state index contributed by atoms with van der Waals surface area (Å²) >= 11 is 0. The number of hydrogen-bond donors (Lipinski definition) is 1. The second-order valence-electron chi connectivity index (χ2n) is 7.03. The molecule has 4 rings (SSSR count). The molecule has 1 amide bonds. The quantitative estimate of drug-likeness (QED) is 0.605. The van der Waals surface area contributed by atoms with E-state index in [1.807, 2.05) is 47.1 Å². The number of nitrogens with one attached hydrogen (secondary N) is 1. The third kappa shape index (κ3) is 4.11. The molecule has 0 spiro atoms. The molecule has 0 aliphatic carbocycles. The summed E-state index contributed by atoms with van der Waals surface area (Å²) in [6.07, 6.45) is 8.79. The Bertz CT molecular complexity index is 980. The summed E-state index contributed by atoms with van der Waals surface area (Å²) in [7, 11) is 0. The van der Waals surface area contributed by atoms with Gasteiger partial charge in [0.25, 0.3) is 0 Å². The van der Waals surface area contributed by atoms with E-state index in [0.29, 0.717) is 19.6 Å². The fraction of sp³-hybridized carbons (Fsp3) is 0.364. The van der Waals surface area contributed by atoms with Crippen LogP contribution in [0.3, 0.4) is 0 Å². The Hall–Kier alpha value is -3.02. The maximum Gasteiger partial charge on any atom is 0.224 e. The average molecular weight is 379 g/mol. The van der Waals surface area contributed by atoms with Gasteiger partial charge in [-0.2, -0.15) is 0 Å². The molecule has 0 saturated heterocycles.